The lowest BCUT2D eigenvalue weighted by atomic mass is 10.3. The normalized spacial score (nSPS) is 8.00. The molecule has 0 spiro atoms. The summed E-state index contributed by atoms with van der Waals surface area (Å²) < 4.78 is 0. The molecule has 1 N–H and O–H groups in total. The van der Waals surface area contributed by atoms with Crippen LogP contribution in [0, 0.1) is 0 Å². The molecule has 0 amide bonds. The molecule has 0 fully saturated rings. The smallest absolute Gasteiger partial charge is 0.117 e. The Balaban J connectivity index is 0. The summed E-state index contributed by atoms with van der Waals surface area (Å²) in [5.74, 6) is 0.827. The summed E-state index contributed by atoms with van der Waals surface area (Å²) in [5.41, 5.74) is 0. The monoisotopic (exact) mass is 172 g/mol. The topological polar surface area (TPSA) is 20.2 Å². The van der Waals surface area contributed by atoms with Crippen LogP contribution in [-0.4, -0.2) is 17.1 Å². The second-order valence-electron chi connectivity index (χ2n) is 1.52. The molecular formula is C6H14Cl2O. The van der Waals surface area contributed by atoms with E-state index in [2.05, 4.69) is 18.5 Å². The van der Waals surface area contributed by atoms with Gasteiger partial charge in [-0.15, -0.1) is 11.6 Å². The Bertz CT molecular complexity index is 30.2. The van der Waals surface area contributed by atoms with Gasteiger partial charge < -0.3 is 5.11 Å². The van der Waals surface area contributed by atoms with Crippen molar-refractivity contribution in [3.8, 4) is 0 Å². The first kappa shape index (κ1) is 12.2. The van der Waals surface area contributed by atoms with Crippen molar-refractivity contribution in [2.75, 3.05) is 11.9 Å². The van der Waals surface area contributed by atoms with Crippen LogP contribution in [0.4, 0.5) is 0 Å². The van der Waals surface area contributed by atoms with Crippen molar-refractivity contribution < 1.29 is 5.11 Å². The van der Waals surface area contributed by atoms with E-state index >= 15 is 0 Å². The lowest BCUT2D eigenvalue weighted by molar-refractivity contribution is 0.370. The highest BCUT2D eigenvalue weighted by Gasteiger charge is 1.76. The van der Waals surface area contributed by atoms with Gasteiger partial charge in [0.05, 0.1) is 0 Å². The maximum atomic E-state index is 7.33. The first-order chi connectivity index (χ1) is 4.33. The van der Waals surface area contributed by atoms with Crippen molar-refractivity contribution in [2.24, 2.45) is 0 Å². The van der Waals surface area contributed by atoms with Gasteiger partial charge in [0.1, 0.15) is 6.07 Å². The zero-order chi connectivity index (χ0) is 7.54. The highest BCUT2D eigenvalue weighted by atomic mass is 35.5. The minimum atomic E-state index is -0.278. The van der Waals surface area contributed by atoms with Gasteiger partial charge >= 0.3 is 0 Å². The van der Waals surface area contributed by atoms with Crippen LogP contribution in [-0.2, 0) is 0 Å². The van der Waals surface area contributed by atoms with E-state index in [0.717, 1.165) is 5.88 Å². The van der Waals surface area contributed by atoms with Crippen molar-refractivity contribution >= 4 is 23.2 Å². The van der Waals surface area contributed by atoms with E-state index in [1.54, 1.807) is 0 Å². The van der Waals surface area contributed by atoms with Gasteiger partial charge in [-0.1, -0.05) is 31.4 Å². The predicted molar refractivity (Wildman–Crippen MR) is 43.2 cm³/mol. The zero-order valence-corrected chi connectivity index (χ0v) is 7.25. The Morgan fingerprint density at radius 3 is 1.78 bits per heavy atom. The lowest BCUT2D eigenvalue weighted by Gasteiger charge is -1.84. The van der Waals surface area contributed by atoms with Gasteiger partial charge in [-0.25, -0.2) is 0 Å². The molecule has 0 saturated carbocycles. The van der Waals surface area contributed by atoms with Crippen molar-refractivity contribution in [3.63, 3.8) is 0 Å². The lowest BCUT2D eigenvalue weighted by Crippen LogP contribution is -1.70. The number of alkyl halides is 2. The first-order valence-corrected chi connectivity index (χ1v) is 4.13. The fraction of sp³-hybridized carbons (Fsp3) is 1.00. The maximum absolute atomic E-state index is 7.33. The predicted octanol–water partition coefficient (Wildman–Crippen LogP) is 2.59. The van der Waals surface area contributed by atoms with Gasteiger partial charge in [0.2, 0.25) is 0 Å². The Morgan fingerprint density at radius 2 is 1.67 bits per heavy atom. The molecule has 0 aliphatic rings. The summed E-state index contributed by atoms with van der Waals surface area (Å²) >= 11 is 9.93. The van der Waals surface area contributed by atoms with Gasteiger partial charge in [0.25, 0.3) is 0 Å². The molecule has 0 unspecified atom stereocenters. The van der Waals surface area contributed by atoms with Gasteiger partial charge in [-0.3, -0.25) is 0 Å². The number of aliphatic hydroxyl groups is 1. The van der Waals surface area contributed by atoms with E-state index < -0.39 is 0 Å². The van der Waals surface area contributed by atoms with Crippen LogP contribution in [0.2, 0.25) is 0 Å². The van der Waals surface area contributed by atoms with E-state index in [-0.39, 0.29) is 6.07 Å². The first-order valence-electron chi connectivity index (χ1n) is 3.06. The van der Waals surface area contributed by atoms with Gasteiger partial charge in [-0.2, -0.15) is 0 Å². The third kappa shape index (κ3) is 29.1. The molecule has 0 atom stereocenters. The highest BCUT2D eigenvalue weighted by Crippen LogP contribution is 1.93. The fourth-order valence-corrected chi connectivity index (χ4v) is 0.533. The molecule has 0 bridgehead atoms. The average molecular weight is 173 g/mol. The van der Waals surface area contributed by atoms with Crippen molar-refractivity contribution in [3.05, 3.63) is 0 Å². The number of aliphatic hydroxyl groups excluding tert-OH is 1. The minimum absolute atomic E-state index is 0.278. The minimum Gasteiger partial charge on any atom is -0.381 e. The number of unbranched alkanes of at least 4 members (excludes halogenated alkanes) is 2. The zero-order valence-electron chi connectivity index (χ0n) is 5.74. The fourth-order valence-electron chi connectivity index (χ4n) is 0.344. The molecule has 0 aromatic heterocycles. The van der Waals surface area contributed by atoms with E-state index in [9.17, 15) is 0 Å². The second kappa shape index (κ2) is 15.8. The van der Waals surface area contributed by atoms with Crippen LogP contribution >= 0.6 is 23.2 Å². The summed E-state index contributed by atoms with van der Waals surface area (Å²) in [6, 6.07) is -0.278. The molecule has 0 aromatic rings. The van der Waals surface area contributed by atoms with Crippen molar-refractivity contribution in [1.29, 1.82) is 0 Å². The number of rotatable bonds is 3. The summed E-state index contributed by atoms with van der Waals surface area (Å²) in [4.78, 5) is 0. The third-order valence-electron chi connectivity index (χ3n) is 0.737. The summed E-state index contributed by atoms with van der Waals surface area (Å²) in [7, 11) is 0. The summed E-state index contributed by atoms with van der Waals surface area (Å²) in [6.45, 7) is 2.17. The number of hydrogen-bond acceptors (Lipinski definition) is 1. The van der Waals surface area contributed by atoms with Crippen LogP contribution in [0.25, 0.3) is 0 Å². The quantitative estimate of drug-likeness (QED) is 0.513. The Hall–Kier alpha value is 0.540. The van der Waals surface area contributed by atoms with Crippen LogP contribution in [0.5, 0.6) is 0 Å². The van der Waals surface area contributed by atoms with Gasteiger partial charge in [0.15, 0.2) is 0 Å². The number of halogens is 2. The maximum Gasteiger partial charge on any atom is 0.117 e. The largest absolute Gasteiger partial charge is 0.381 e. The molecule has 0 saturated heterocycles. The van der Waals surface area contributed by atoms with Crippen LogP contribution < -0.4 is 0 Å². The SMILES string of the molecule is CCCCCCl.OCCl. The molecule has 0 aliphatic heterocycles. The van der Waals surface area contributed by atoms with E-state index in [0.29, 0.717) is 0 Å². The van der Waals surface area contributed by atoms with Crippen molar-refractivity contribution in [1.82, 2.24) is 0 Å². The molecule has 58 valence electrons. The van der Waals surface area contributed by atoms with Crippen molar-refractivity contribution in [2.45, 2.75) is 26.2 Å². The molecule has 0 aliphatic carbocycles. The second-order valence-corrected chi connectivity index (χ2v) is 2.13. The molecule has 1 nitrogen and oxygen atoms in total. The highest BCUT2D eigenvalue weighted by molar-refractivity contribution is 6.17. The Kier molecular flexibility index (Phi) is 21.5. The summed E-state index contributed by atoms with van der Waals surface area (Å²) in [6.07, 6.45) is 3.73. The van der Waals surface area contributed by atoms with E-state index in [4.69, 9.17) is 16.7 Å². The molecular weight excluding hydrogens is 159 g/mol. The van der Waals surface area contributed by atoms with E-state index in [1.165, 1.54) is 19.3 Å². The Labute approximate surface area is 67.0 Å². The molecule has 9 heavy (non-hydrogen) atoms. The van der Waals surface area contributed by atoms with Crippen LogP contribution in [0.3, 0.4) is 0 Å². The van der Waals surface area contributed by atoms with Crippen LogP contribution in [0.1, 0.15) is 26.2 Å². The molecule has 0 rings (SSSR count). The average Bonchev–Trinajstić information content (AvgIpc) is 1.86. The summed E-state index contributed by atoms with van der Waals surface area (Å²) in [5, 5.41) is 7.33. The Morgan fingerprint density at radius 1 is 1.22 bits per heavy atom. The molecule has 3 heteroatoms. The number of hydrogen-bond donors (Lipinski definition) is 1. The van der Waals surface area contributed by atoms with Crippen LogP contribution in [0.15, 0.2) is 0 Å². The molecule has 0 radical (unpaired) electrons. The van der Waals surface area contributed by atoms with E-state index in [1.807, 2.05) is 0 Å². The molecule has 0 aromatic carbocycles. The van der Waals surface area contributed by atoms with Gasteiger partial charge in [-0.05, 0) is 6.42 Å². The molecule has 0 heterocycles. The standard InChI is InChI=1S/C5H11Cl.CH3ClO/c1-2-3-4-5-6;2-1-3/h2-5H2,1H3;3H,1H2. The third-order valence-corrected chi connectivity index (χ3v) is 1.00. The van der Waals surface area contributed by atoms with Gasteiger partial charge in [0, 0.05) is 5.88 Å².